The number of ether oxygens (including phenoxy) is 3. The van der Waals surface area contributed by atoms with E-state index in [4.69, 9.17) is 30.8 Å². The third kappa shape index (κ3) is 8.15. The molecule has 5 rings (SSSR count). The molecule has 1 atom stereocenters. The van der Waals surface area contributed by atoms with Crippen molar-refractivity contribution in [2.24, 2.45) is 5.41 Å². The number of nitrogens with one attached hydrogen (secondary N) is 3. The third-order valence-electron chi connectivity index (χ3n) is 8.74. The van der Waals surface area contributed by atoms with Crippen molar-refractivity contribution < 1.29 is 19.0 Å². The fourth-order valence-electron chi connectivity index (χ4n) is 5.88. The number of pyridine rings is 2. The number of rotatable bonds is 13. The van der Waals surface area contributed by atoms with Gasteiger partial charge >= 0.3 is 5.97 Å². The van der Waals surface area contributed by atoms with Gasteiger partial charge in [-0.15, -0.1) is 0 Å². The summed E-state index contributed by atoms with van der Waals surface area (Å²) in [7, 11) is 0. The average Bonchev–Trinajstić information content (AvgIpc) is 3.83. The van der Waals surface area contributed by atoms with Crippen molar-refractivity contribution >= 4 is 29.2 Å². The molecule has 2 saturated carbocycles. The Morgan fingerprint density at radius 1 is 1.16 bits per heavy atom. The lowest BCUT2D eigenvalue weighted by Crippen LogP contribution is -2.44. The van der Waals surface area contributed by atoms with Crippen LogP contribution in [0.15, 0.2) is 30.5 Å². The van der Waals surface area contributed by atoms with E-state index in [9.17, 15) is 10.1 Å². The number of nitriles is 1. The fraction of sp³-hybridized carbons (Fsp3) is 0.625. The maximum absolute atomic E-state index is 12.1. The zero-order chi connectivity index (χ0) is 30.3. The molecule has 43 heavy (non-hydrogen) atoms. The van der Waals surface area contributed by atoms with Crippen molar-refractivity contribution in [3.8, 4) is 17.3 Å². The van der Waals surface area contributed by atoms with Crippen LogP contribution in [0.2, 0.25) is 5.02 Å². The summed E-state index contributed by atoms with van der Waals surface area (Å²) in [4.78, 5) is 21.5. The Bertz CT molecular complexity index is 1280. The Labute approximate surface area is 259 Å². The highest BCUT2D eigenvalue weighted by Crippen LogP contribution is 2.41. The van der Waals surface area contributed by atoms with E-state index in [1.807, 2.05) is 31.2 Å². The minimum Gasteiger partial charge on any atom is -0.464 e. The van der Waals surface area contributed by atoms with Gasteiger partial charge in [0, 0.05) is 49.6 Å². The normalized spacial score (nSPS) is 23.0. The van der Waals surface area contributed by atoms with E-state index >= 15 is 0 Å². The number of hydrogen-bond donors (Lipinski definition) is 3. The van der Waals surface area contributed by atoms with Crippen LogP contribution < -0.4 is 16.0 Å². The van der Waals surface area contributed by atoms with Crippen molar-refractivity contribution in [3.05, 3.63) is 35.5 Å². The quantitative estimate of drug-likeness (QED) is 0.255. The number of hydrogen-bond acceptors (Lipinski definition) is 10. The van der Waals surface area contributed by atoms with Crippen LogP contribution in [0.25, 0.3) is 11.3 Å². The molecule has 0 unspecified atom stereocenters. The first kappa shape index (κ1) is 31.5. The average molecular weight is 611 g/mol. The van der Waals surface area contributed by atoms with Gasteiger partial charge in [-0.2, -0.15) is 5.26 Å². The van der Waals surface area contributed by atoms with Gasteiger partial charge in [0.1, 0.15) is 11.6 Å². The molecule has 1 aliphatic heterocycles. The van der Waals surface area contributed by atoms with Gasteiger partial charge in [-0.25, -0.2) is 14.8 Å². The number of halogens is 1. The van der Waals surface area contributed by atoms with Gasteiger partial charge in [0.2, 0.25) is 0 Å². The highest BCUT2D eigenvalue weighted by atomic mass is 35.5. The highest BCUT2D eigenvalue weighted by molar-refractivity contribution is 6.33. The number of aromatic nitrogens is 2. The molecule has 0 radical (unpaired) electrons. The second kappa shape index (κ2) is 14.2. The maximum Gasteiger partial charge on any atom is 0.338 e. The lowest BCUT2D eigenvalue weighted by molar-refractivity contribution is -0.160. The summed E-state index contributed by atoms with van der Waals surface area (Å²) in [5, 5.41) is 20.9. The number of esters is 1. The molecule has 3 N–H and O–H groups in total. The van der Waals surface area contributed by atoms with Crippen LogP contribution in [0.5, 0.6) is 0 Å². The van der Waals surface area contributed by atoms with E-state index in [0.29, 0.717) is 68.7 Å². The minimum absolute atomic E-state index is 0.154. The number of carbonyl (C=O) groups is 1. The Kier molecular flexibility index (Phi) is 10.4. The molecule has 1 saturated heterocycles. The standard InChI is InChI=1S/C32H43ClN6O4/c1-3-42-30(40)32(11-12-32)43-19-22(2)37-23-7-9-24(10-8-23)38-29-17-25(26(33)18-35-29)27-5-4-6-28(39-27)36-21-31(20-34)13-15-41-16-14-31/h4-6,17-18,22-24,37H,3,7-16,19,21H2,1-2H3,(H,35,38)(H,36,39)/t22-,23?,24?/m1/s1. The van der Waals surface area contributed by atoms with Gasteiger partial charge in [0.15, 0.2) is 5.60 Å². The first-order valence-electron chi connectivity index (χ1n) is 15.5. The topological polar surface area (TPSA) is 130 Å². The van der Waals surface area contributed by atoms with Crippen LogP contribution >= 0.6 is 11.6 Å². The first-order valence-corrected chi connectivity index (χ1v) is 15.9. The maximum atomic E-state index is 12.1. The molecule has 3 aliphatic rings. The van der Waals surface area contributed by atoms with Gasteiger partial charge in [0.25, 0.3) is 0 Å². The third-order valence-corrected chi connectivity index (χ3v) is 9.04. The summed E-state index contributed by atoms with van der Waals surface area (Å²) in [5.74, 6) is 1.25. The molecule has 0 bridgehead atoms. The Morgan fingerprint density at radius 3 is 2.60 bits per heavy atom. The molecule has 2 aromatic heterocycles. The second-order valence-electron chi connectivity index (χ2n) is 12.1. The van der Waals surface area contributed by atoms with Crippen molar-refractivity contribution in [2.45, 2.75) is 88.9 Å². The molecular formula is C32H43ClN6O4. The minimum atomic E-state index is -0.712. The summed E-state index contributed by atoms with van der Waals surface area (Å²) < 4.78 is 16.6. The van der Waals surface area contributed by atoms with Crippen LogP contribution in [0, 0.1) is 16.7 Å². The van der Waals surface area contributed by atoms with Crippen molar-refractivity contribution in [1.82, 2.24) is 15.3 Å². The first-order chi connectivity index (χ1) is 20.8. The van der Waals surface area contributed by atoms with Crippen LogP contribution in [0.1, 0.15) is 65.2 Å². The Balaban J connectivity index is 1.11. The SMILES string of the molecule is CCOC(=O)C1(OC[C@@H](C)NC2CCC(Nc3cc(-c4cccc(NCC5(C#N)CCOCC5)n4)c(Cl)cn3)CC2)CC1. The molecule has 11 heteroatoms. The smallest absolute Gasteiger partial charge is 0.338 e. The van der Waals surface area contributed by atoms with E-state index in [2.05, 4.69) is 33.9 Å². The van der Waals surface area contributed by atoms with E-state index in [-0.39, 0.29) is 12.0 Å². The number of nitrogens with zero attached hydrogens (tertiary/aromatic N) is 3. The lowest BCUT2D eigenvalue weighted by atomic mass is 9.82. The summed E-state index contributed by atoms with van der Waals surface area (Å²) in [6, 6.07) is 11.1. The molecule has 232 valence electrons. The van der Waals surface area contributed by atoms with Gasteiger partial charge < -0.3 is 30.2 Å². The zero-order valence-electron chi connectivity index (χ0n) is 25.2. The lowest BCUT2D eigenvalue weighted by Gasteiger charge is -2.32. The molecule has 2 aromatic rings. The van der Waals surface area contributed by atoms with E-state index in [1.165, 1.54) is 0 Å². The zero-order valence-corrected chi connectivity index (χ0v) is 25.9. The molecule has 2 aliphatic carbocycles. The van der Waals surface area contributed by atoms with Crippen LogP contribution in [-0.4, -0.2) is 72.6 Å². The predicted molar refractivity (Wildman–Crippen MR) is 166 cm³/mol. The largest absolute Gasteiger partial charge is 0.464 e. The molecular weight excluding hydrogens is 568 g/mol. The van der Waals surface area contributed by atoms with Gasteiger partial charge in [-0.1, -0.05) is 17.7 Å². The molecule has 3 heterocycles. The summed E-state index contributed by atoms with van der Waals surface area (Å²) in [6.45, 7) is 6.54. The monoisotopic (exact) mass is 610 g/mol. The van der Waals surface area contributed by atoms with Crippen molar-refractivity contribution in [3.63, 3.8) is 0 Å². The fourth-order valence-corrected chi connectivity index (χ4v) is 6.08. The van der Waals surface area contributed by atoms with Crippen molar-refractivity contribution in [2.75, 3.05) is 43.6 Å². The number of carbonyl (C=O) groups excluding carboxylic acids is 1. The van der Waals surface area contributed by atoms with Crippen molar-refractivity contribution in [1.29, 1.82) is 5.26 Å². The molecule has 10 nitrogen and oxygen atoms in total. The predicted octanol–water partition coefficient (Wildman–Crippen LogP) is 5.34. The highest BCUT2D eigenvalue weighted by Gasteiger charge is 2.53. The number of anilines is 2. The summed E-state index contributed by atoms with van der Waals surface area (Å²) in [5.41, 5.74) is 0.407. The van der Waals surface area contributed by atoms with Crippen LogP contribution in [0.4, 0.5) is 11.6 Å². The second-order valence-corrected chi connectivity index (χ2v) is 12.5. The summed E-state index contributed by atoms with van der Waals surface area (Å²) in [6.07, 6.45) is 8.69. The Hall–Kier alpha value is -2.97. The Morgan fingerprint density at radius 2 is 1.91 bits per heavy atom. The molecule has 0 aromatic carbocycles. The molecule has 0 amide bonds. The molecule has 0 spiro atoms. The van der Waals surface area contributed by atoms with E-state index in [1.54, 1.807) is 6.20 Å². The molecule has 3 fully saturated rings. The van der Waals surface area contributed by atoms with E-state index in [0.717, 1.165) is 55.6 Å². The van der Waals surface area contributed by atoms with Gasteiger partial charge in [0.05, 0.1) is 35.4 Å². The van der Waals surface area contributed by atoms with Crippen LogP contribution in [0.3, 0.4) is 0 Å². The van der Waals surface area contributed by atoms with Crippen LogP contribution in [-0.2, 0) is 19.0 Å². The van der Waals surface area contributed by atoms with E-state index < -0.39 is 11.0 Å². The summed E-state index contributed by atoms with van der Waals surface area (Å²) >= 11 is 6.58. The van der Waals surface area contributed by atoms with Gasteiger partial charge in [-0.3, -0.25) is 0 Å². The van der Waals surface area contributed by atoms with Gasteiger partial charge in [-0.05, 0) is 83.4 Å².